The molecule has 5 heteroatoms. The van der Waals surface area contributed by atoms with Gasteiger partial charge in [0, 0.05) is 22.9 Å². The van der Waals surface area contributed by atoms with Crippen LogP contribution >= 0.6 is 34.5 Å². The minimum atomic E-state index is 0.00729. The van der Waals surface area contributed by atoms with Crippen LogP contribution in [0.4, 0.5) is 0 Å². The van der Waals surface area contributed by atoms with Crippen LogP contribution in [0.1, 0.15) is 46.2 Å². The van der Waals surface area contributed by atoms with Gasteiger partial charge in [-0.25, -0.2) is 4.98 Å². The van der Waals surface area contributed by atoms with E-state index < -0.39 is 0 Å². The molecule has 1 aliphatic carbocycles. The third kappa shape index (κ3) is 3.15. The molecule has 0 atom stereocenters. The molecule has 0 radical (unpaired) electrons. The van der Waals surface area contributed by atoms with Gasteiger partial charge in [0.05, 0.1) is 15.6 Å². The zero-order chi connectivity index (χ0) is 15.2. The van der Waals surface area contributed by atoms with Crippen molar-refractivity contribution in [3.05, 3.63) is 49.4 Å². The van der Waals surface area contributed by atoms with Crippen molar-refractivity contribution in [3.63, 3.8) is 0 Å². The Morgan fingerprint density at radius 3 is 2.76 bits per heavy atom. The maximum Gasteiger partial charge on any atom is 0.175 e. The second-order valence-electron chi connectivity index (χ2n) is 6.24. The summed E-state index contributed by atoms with van der Waals surface area (Å²) in [5, 5.41) is 2.21. The molecule has 0 bridgehead atoms. The molecule has 1 aliphatic rings. The highest BCUT2D eigenvalue weighted by Gasteiger charge is 2.33. The van der Waals surface area contributed by atoms with Crippen LogP contribution in [0.5, 0.6) is 0 Å². The summed E-state index contributed by atoms with van der Waals surface area (Å²) < 4.78 is 0. The molecule has 0 spiro atoms. The maximum absolute atomic E-state index is 12.2. The molecular weight excluding hydrogens is 325 g/mol. The van der Waals surface area contributed by atoms with E-state index >= 15 is 0 Å². The third-order valence-corrected chi connectivity index (χ3v) is 5.36. The molecule has 2 nitrogen and oxygen atoms in total. The van der Waals surface area contributed by atoms with Gasteiger partial charge in [0.2, 0.25) is 0 Å². The normalized spacial score (nSPS) is 16.9. The van der Waals surface area contributed by atoms with Crippen LogP contribution in [0.25, 0.3) is 0 Å². The Balaban J connectivity index is 1.90. The lowest BCUT2D eigenvalue weighted by Gasteiger charge is -2.26. The van der Waals surface area contributed by atoms with Crippen molar-refractivity contribution < 1.29 is 4.79 Å². The molecule has 0 saturated carbocycles. The van der Waals surface area contributed by atoms with E-state index in [2.05, 4.69) is 18.8 Å². The summed E-state index contributed by atoms with van der Waals surface area (Å²) in [6.45, 7) is 4.23. The molecule has 2 aromatic rings. The van der Waals surface area contributed by atoms with E-state index in [4.69, 9.17) is 23.2 Å². The van der Waals surface area contributed by atoms with Crippen molar-refractivity contribution >= 4 is 40.3 Å². The van der Waals surface area contributed by atoms with E-state index in [1.807, 2.05) is 12.1 Å². The number of fused-ring (bicyclic) bond motifs is 1. The molecule has 0 amide bonds. The highest BCUT2D eigenvalue weighted by Crippen LogP contribution is 2.37. The van der Waals surface area contributed by atoms with Crippen molar-refractivity contribution in [2.75, 3.05) is 0 Å². The molecule has 0 saturated heterocycles. The first-order chi connectivity index (χ1) is 9.84. The zero-order valence-electron chi connectivity index (χ0n) is 11.9. The van der Waals surface area contributed by atoms with Gasteiger partial charge in [-0.2, -0.15) is 0 Å². The number of halogens is 2. The molecule has 0 unspecified atom stereocenters. The first kappa shape index (κ1) is 15.0. The molecule has 0 aliphatic heterocycles. The van der Waals surface area contributed by atoms with Crippen molar-refractivity contribution in [2.45, 2.75) is 33.1 Å². The van der Waals surface area contributed by atoms with Gasteiger partial charge < -0.3 is 0 Å². The van der Waals surface area contributed by atoms with Crippen LogP contribution < -0.4 is 0 Å². The van der Waals surface area contributed by atoms with Crippen LogP contribution in [-0.4, -0.2) is 10.8 Å². The fourth-order valence-electron chi connectivity index (χ4n) is 2.67. The summed E-state index contributed by atoms with van der Waals surface area (Å²) in [6.07, 6.45) is 2.10. The largest absolute Gasteiger partial charge is 0.293 e. The molecule has 0 fully saturated rings. The van der Waals surface area contributed by atoms with Gasteiger partial charge in [-0.05, 0) is 29.5 Å². The fourth-order valence-corrected chi connectivity index (χ4v) is 4.19. The average molecular weight is 340 g/mol. The third-order valence-electron chi connectivity index (χ3n) is 3.64. The number of Topliss-reactive ketones (excluding diaryl/α,β-unsaturated/α-hetero) is 1. The van der Waals surface area contributed by atoms with Crippen LogP contribution in [0.15, 0.2) is 18.2 Å². The van der Waals surface area contributed by atoms with Gasteiger partial charge in [-0.1, -0.05) is 43.1 Å². The van der Waals surface area contributed by atoms with Crippen LogP contribution in [-0.2, 0) is 12.8 Å². The molecular formula is C16H15Cl2NOS. The van der Waals surface area contributed by atoms with E-state index in [9.17, 15) is 4.79 Å². The second kappa shape index (κ2) is 5.38. The Hall–Kier alpha value is -0.900. The van der Waals surface area contributed by atoms with Gasteiger partial charge in [0.1, 0.15) is 0 Å². The van der Waals surface area contributed by atoms with Gasteiger partial charge in [-0.15, -0.1) is 11.3 Å². The number of carbonyl (C=O) groups is 1. The SMILES string of the molecule is CC1(C)CC(=O)c2sc(Cc3ccc(Cl)cc3Cl)nc2C1. The number of aromatic nitrogens is 1. The first-order valence-corrected chi connectivity index (χ1v) is 8.37. The van der Waals surface area contributed by atoms with Crippen molar-refractivity contribution in [1.29, 1.82) is 0 Å². The van der Waals surface area contributed by atoms with E-state index in [0.29, 0.717) is 22.9 Å². The van der Waals surface area contributed by atoms with Gasteiger partial charge in [-0.3, -0.25) is 4.79 Å². The Labute approximate surface area is 138 Å². The van der Waals surface area contributed by atoms with Crippen LogP contribution in [0, 0.1) is 5.41 Å². The average Bonchev–Trinajstić information content (AvgIpc) is 2.74. The number of rotatable bonds is 2. The lowest BCUT2D eigenvalue weighted by atomic mass is 9.78. The highest BCUT2D eigenvalue weighted by atomic mass is 35.5. The Morgan fingerprint density at radius 1 is 1.29 bits per heavy atom. The first-order valence-electron chi connectivity index (χ1n) is 6.80. The number of benzene rings is 1. The predicted octanol–water partition coefficient (Wildman–Crippen LogP) is 5.20. The number of thiazole rings is 1. The van der Waals surface area contributed by atoms with Gasteiger partial charge in [0.25, 0.3) is 0 Å². The predicted molar refractivity (Wildman–Crippen MR) is 87.8 cm³/mol. The lowest BCUT2D eigenvalue weighted by molar-refractivity contribution is 0.0916. The van der Waals surface area contributed by atoms with E-state index in [1.165, 1.54) is 11.3 Å². The summed E-state index contributed by atoms with van der Waals surface area (Å²) in [5.74, 6) is 0.215. The van der Waals surface area contributed by atoms with Crippen LogP contribution in [0.3, 0.4) is 0 Å². The molecule has 21 heavy (non-hydrogen) atoms. The number of ketones is 1. The highest BCUT2D eigenvalue weighted by molar-refractivity contribution is 7.13. The number of nitrogens with zero attached hydrogens (tertiary/aromatic N) is 1. The maximum atomic E-state index is 12.2. The molecule has 1 heterocycles. The van der Waals surface area contributed by atoms with Crippen LogP contribution in [0.2, 0.25) is 10.0 Å². The summed E-state index contributed by atoms with van der Waals surface area (Å²) in [7, 11) is 0. The second-order valence-corrected chi connectivity index (χ2v) is 8.16. The number of carbonyl (C=O) groups excluding carboxylic acids is 1. The molecule has 0 N–H and O–H groups in total. The molecule has 3 rings (SSSR count). The lowest BCUT2D eigenvalue weighted by Crippen LogP contribution is -2.26. The number of hydrogen-bond donors (Lipinski definition) is 0. The minimum absolute atomic E-state index is 0.00729. The van der Waals surface area contributed by atoms with Gasteiger partial charge in [0.15, 0.2) is 5.78 Å². The summed E-state index contributed by atoms with van der Waals surface area (Å²) in [5.41, 5.74) is 1.94. The number of hydrogen-bond acceptors (Lipinski definition) is 3. The summed E-state index contributed by atoms with van der Waals surface area (Å²) in [6, 6.07) is 5.47. The fraction of sp³-hybridized carbons (Fsp3) is 0.375. The summed E-state index contributed by atoms with van der Waals surface area (Å²) in [4.78, 5) is 17.7. The summed E-state index contributed by atoms with van der Waals surface area (Å²) >= 11 is 13.6. The Kier molecular flexibility index (Phi) is 3.85. The van der Waals surface area contributed by atoms with E-state index in [0.717, 1.165) is 27.6 Å². The smallest absolute Gasteiger partial charge is 0.175 e. The molecule has 1 aromatic carbocycles. The monoisotopic (exact) mass is 339 g/mol. The molecule has 110 valence electrons. The van der Waals surface area contributed by atoms with E-state index in [-0.39, 0.29) is 11.2 Å². The standard InChI is InChI=1S/C16H15Cl2NOS/c1-16(2)7-12-15(13(20)8-16)21-14(19-12)5-9-3-4-10(17)6-11(9)18/h3-4,6H,5,7-8H2,1-2H3. The van der Waals surface area contributed by atoms with Gasteiger partial charge >= 0.3 is 0 Å². The zero-order valence-corrected chi connectivity index (χ0v) is 14.2. The minimum Gasteiger partial charge on any atom is -0.293 e. The van der Waals surface area contributed by atoms with Crippen molar-refractivity contribution in [3.8, 4) is 0 Å². The van der Waals surface area contributed by atoms with Crippen molar-refractivity contribution in [2.24, 2.45) is 5.41 Å². The van der Waals surface area contributed by atoms with E-state index in [1.54, 1.807) is 6.07 Å². The quantitative estimate of drug-likeness (QED) is 0.752. The topological polar surface area (TPSA) is 30.0 Å². The Bertz CT molecular complexity index is 721. The van der Waals surface area contributed by atoms with Crippen molar-refractivity contribution in [1.82, 2.24) is 4.98 Å². The Morgan fingerprint density at radius 2 is 2.05 bits per heavy atom. The molecule has 1 aromatic heterocycles.